The maximum atomic E-state index is 15.3. The largest absolute Gasteiger partial charge is 0.508 e. The number of β-amino-alcohol motifs (C(OH)–C–C–N with tert-alkyl or cyclic N) is 1. The summed E-state index contributed by atoms with van der Waals surface area (Å²) in [5, 5.41) is 38.9. The number of hydrogen-bond donors (Lipinski definition) is 5. The van der Waals surface area contributed by atoms with Gasteiger partial charge in [-0.25, -0.2) is 0 Å². The molecule has 2 heterocycles. The Balaban J connectivity index is 1.01. The molecule has 8 heteroatoms. The first kappa shape index (κ1) is 45.7. The van der Waals surface area contributed by atoms with Gasteiger partial charge in [0, 0.05) is 41.4 Å². The van der Waals surface area contributed by atoms with Crippen LogP contribution in [0.5, 0.6) is 5.75 Å². The van der Waals surface area contributed by atoms with Crippen molar-refractivity contribution in [2.24, 2.45) is 51.2 Å². The fraction of sp³-hybridized carbons (Fsp3) is 0.719. The lowest BCUT2D eigenvalue weighted by molar-refractivity contribution is -0.198. The Labute approximate surface area is 389 Å². The average molecular weight is 889 g/mol. The molecule has 2 aromatic carbocycles. The van der Waals surface area contributed by atoms with E-state index in [1.807, 2.05) is 31.2 Å². The summed E-state index contributed by atoms with van der Waals surface area (Å²) in [6.07, 6.45) is 15.8. The predicted molar refractivity (Wildman–Crippen MR) is 256 cm³/mol. The second-order valence-corrected chi connectivity index (χ2v) is 24.7. The van der Waals surface area contributed by atoms with E-state index in [2.05, 4.69) is 58.1 Å². The van der Waals surface area contributed by atoms with Crippen molar-refractivity contribution in [2.75, 3.05) is 12.3 Å². The van der Waals surface area contributed by atoms with Crippen molar-refractivity contribution in [3.05, 3.63) is 70.8 Å². The van der Waals surface area contributed by atoms with Gasteiger partial charge in [-0.3, -0.25) is 9.59 Å². The van der Waals surface area contributed by atoms with Crippen LogP contribution in [0.4, 0.5) is 5.69 Å². The molecule has 65 heavy (non-hydrogen) atoms. The zero-order chi connectivity index (χ0) is 45.9. The lowest BCUT2D eigenvalue weighted by atomic mass is 9.34. The number of nitrogens with two attached hydrogens (primary N) is 1. The number of aromatic hydroxyl groups is 1. The molecule has 2 saturated heterocycles. The summed E-state index contributed by atoms with van der Waals surface area (Å²) in [4.78, 5) is 30.5. The van der Waals surface area contributed by atoms with Crippen LogP contribution >= 0.6 is 0 Å². The number of phenols is 1. The van der Waals surface area contributed by atoms with Crippen LogP contribution in [0.15, 0.2) is 59.7 Å². The zero-order valence-electron chi connectivity index (χ0n) is 40.5. The highest BCUT2D eigenvalue weighted by molar-refractivity contribution is 6.01. The Morgan fingerprint density at radius 1 is 0.846 bits per heavy atom. The molecule has 8 aliphatic rings. The topological polar surface area (TPSA) is 145 Å². The number of hydrogen-bond acceptors (Lipinski definition) is 8. The van der Waals surface area contributed by atoms with Crippen LogP contribution in [0.3, 0.4) is 0 Å². The first-order valence-corrected chi connectivity index (χ1v) is 26.1. The van der Waals surface area contributed by atoms with Crippen LogP contribution < -0.4 is 11.1 Å². The average Bonchev–Trinajstić information content (AvgIpc) is 3.56. The van der Waals surface area contributed by atoms with E-state index in [9.17, 15) is 15.3 Å². The zero-order valence-corrected chi connectivity index (χ0v) is 40.5. The number of phenolic OH excluding ortho intramolecular Hbond substituents is 1. The SMILES string of the molecule is C[C@@]1(O)CCCC[C@@]2(C)C(=O)[C@@H](c3cccc(O)c3)C[C@]3(C)[C@H]2[C@H](C[C@@]2(C)[C@@H]3CCC3=C([C@@H](C[C@@H](O)[C@H]4O[C@]4(C)[C@@H]4CCC[C@H]4c4cccc(N)c4)C4CCCCC4)C(=O)C[C@@]32C)NC1. The molecule has 354 valence electrons. The molecule has 7 fully saturated rings. The van der Waals surface area contributed by atoms with E-state index in [-0.39, 0.29) is 57.8 Å². The van der Waals surface area contributed by atoms with Gasteiger partial charge in [0.15, 0.2) is 5.78 Å². The van der Waals surface area contributed by atoms with Crippen LogP contribution in [0.2, 0.25) is 0 Å². The normalized spacial score (nSPS) is 44.2. The summed E-state index contributed by atoms with van der Waals surface area (Å²) in [6, 6.07) is 15.7. The van der Waals surface area contributed by atoms with Crippen molar-refractivity contribution in [3.8, 4) is 5.75 Å². The number of rotatable bonds is 8. The summed E-state index contributed by atoms with van der Waals surface area (Å²) in [7, 11) is 0. The molecule has 15 atom stereocenters. The van der Waals surface area contributed by atoms with E-state index in [0.717, 1.165) is 87.5 Å². The van der Waals surface area contributed by atoms with Crippen molar-refractivity contribution >= 4 is 17.3 Å². The smallest absolute Gasteiger partial charge is 0.160 e. The monoisotopic (exact) mass is 889 g/mol. The van der Waals surface area contributed by atoms with Gasteiger partial charge < -0.3 is 31.1 Å². The van der Waals surface area contributed by atoms with Crippen molar-refractivity contribution in [3.63, 3.8) is 0 Å². The number of allylic oxidation sites excluding steroid dienone is 2. The maximum Gasteiger partial charge on any atom is 0.160 e. The van der Waals surface area contributed by atoms with E-state index in [0.29, 0.717) is 61.5 Å². The maximum absolute atomic E-state index is 15.3. The number of carbonyl (C=O) groups is 2. The quantitative estimate of drug-likeness (QED) is 0.130. The van der Waals surface area contributed by atoms with Gasteiger partial charge in [-0.1, -0.05) is 96.1 Å². The summed E-state index contributed by atoms with van der Waals surface area (Å²) in [5.74, 6) is 1.80. The molecule has 0 radical (unpaired) electrons. The van der Waals surface area contributed by atoms with E-state index in [1.54, 1.807) is 6.07 Å². The Hall–Kier alpha value is -3.04. The fourth-order valence-electron chi connectivity index (χ4n) is 17.8. The van der Waals surface area contributed by atoms with Gasteiger partial charge in [0.2, 0.25) is 0 Å². The number of aliphatic hydroxyl groups excluding tert-OH is 1. The van der Waals surface area contributed by atoms with Crippen molar-refractivity contribution in [1.82, 2.24) is 5.32 Å². The lowest BCUT2D eigenvalue weighted by Gasteiger charge is -2.71. The Morgan fingerprint density at radius 3 is 2.34 bits per heavy atom. The number of Topliss-reactive ketones (excluding diaryl/α,β-unsaturated/α-hetero) is 2. The molecule has 0 bridgehead atoms. The van der Waals surface area contributed by atoms with Gasteiger partial charge in [-0.05, 0) is 172 Å². The van der Waals surface area contributed by atoms with Crippen LogP contribution in [0.25, 0.3) is 0 Å². The Bertz CT molecular complexity index is 2210. The second kappa shape index (κ2) is 16.3. The Kier molecular flexibility index (Phi) is 11.5. The van der Waals surface area contributed by atoms with E-state index >= 15 is 9.59 Å². The molecule has 2 aromatic rings. The number of carbonyl (C=O) groups excluding carboxylic acids is 2. The van der Waals surface area contributed by atoms with E-state index in [1.165, 1.54) is 30.4 Å². The second-order valence-electron chi connectivity index (χ2n) is 24.7. The number of nitrogen functional groups attached to an aromatic ring is 1. The number of aliphatic hydroxyl groups is 2. The van der Waals surface area contributed by atoms with Gasteiger partial charge in [0.25, 0.3) is 0 Å². The summed E-state index contributed by atoms with van der Waals surface area (Å²) in [6.45, 7) is 14.3. The molecule has 6 aliphatic carbocycles. The highest BCUT2D eigenvalue weighted by Gasteiger charge is 2.72. The van der Waals surface area contributed by atoms with Crippen molar-refractivity contribution < 1.29 is 29.6 Å². The van der Waals surface area contributed by atoms with Crippen LogP contribution in [-0.2, 0) is 14.3 Å². The van der Waals surface area contributed by atoms with Gasteiger partial charge in [-0.15, -0.1) is 0 Å². The van der Waals surface area contributed by atoms with Gasteiger partial charge in [-0.2, -0.15) is 0 Å². The first-order valence-electron chi connectivity index (χ1n) is 26.1. The first-order chi connectivity index (χ1) is 30.8. The molecule has 2 aliphatic heterocycles. The minimum atomic E-state index is -0.855. The summed E-state index contributed by atoms with van der Waals surface area (Å²) >= 11 is 0. The Morgan fingerprint density at radius 2 is 1.58 bits per heavy atom. The fourth-order valence-corrected chi connectivity index (χ4v) is 17.8. The molecule has 0 amide bonds. The van der Waals surface area contributed by atoms with Crippen LogP contribution in [0.1, 0.15) is 180 Å². The number of anilines is 1. The number of epoxide rings is 1. The third-order valence-electron chi connectivity index (χ3n) is 20.9. The third-order valence-corrected chi connectivity index (χ3v) is 20.9. The molecule has 0 unspecified atom stereocenters. The molecule has 6 N–H and O–H groups in total. The number of nitrogens with one attached hydrogen (secondary N) is 1. The van der Waals surface area contributed by atoms with E-state index in [4.69, 9.17) is 10.5 Å². The van der Waals surface area contributed by atoms with Gasteiger partial charge in [0.05, 0.1) is 17.3 Å². The molecular formula is C57H80N2O6. The molecule has 10 rings (SSSR count). The van der Waals surface area contributed by atoms with Crippen LogP contribution in [-0.4, -0.2) is 62.9 Å². The minimum absolute atomic E-state index is 0.00365. The number of benzene rings is 2. The minimum Gasteiger partial charge on any atom is -0.508 e. The molecule has 5 saturated carbocycles. The molecule has 8 nitrogen and oxygen atoms in total. The van der Waals surface area contributed by atoms with E-state index < -0.39 is 22.7 Å². The summed E-state index contributed by atoms with van der Waals surface area (Å²) < 4.78 is 6.69. The number of fused-ring (bicyclic) bond motifs is 4. The molecule has 0 aromatic heterocycles. The highest BCUT2D eigenvalue weighted by Crippen LogP contribution is 2.75. The molecular weight excluding hydrogens is 809 g/mol. The van der Waals surface area contributed by atoms with Gasteiger partial charge in [0.1, 0.15) is 17.6 Å². The standard InChI is InChI=1S/C57H80N2O6/c1-52(64)25-10-11-26-53(2)49-44(59-33-52)31-56(5)47(54(49,3)30-41(50(53)63)36-18-13-20-38(60)28-36)24-23-43-48(46(62)32-55(43,56)4)40(34-15-8-7-9-16-34)29-45(61)51-57(6,65-51)42-22-14-21-39(42)35-17-12-19-37(58)27-35/h12-13,17-20,27-28,34,39-42,44-45,47,49,51,59-61,64H,7-11,14-16,21-26,29-33,58H2,1-6H3/t39-,40-,41+,42+,44-,45+,47+,49-,51+,52+,53+,54-,55-,56-,57+/m0/s1. The molecule has 0 spiro atoms. The van der Waals surface area contributed by atoms with Crippen LogP contribution in [0, 0.1) is 51.2 Å². The number of ether oxygens (including phenoxy) is 1. The predicted octanol–water partition coefficient (Wildman–Crippen LogP) is 10.7. The highest BCUT2D eigenvalue weighted by atomic mass is 16.6. The number of ketones is 2. The lowest BCUT2D eigenvalue weighted by Crippen LogP contribution is -2.70. The van der Waals surface area contributed by atoms with Crippen molar-refractivity contribution in [1.29, 1.82) is 0 Å². The third kappa shape index (κ3) is 7.34. The summed E-state index contributed by atoms with van der Waals surface area (Å²) in [5.41, 5.74) is 8.88. The van der Waals surface area contributed by atoms with Crippen molar-refractivity contribution in [2.45, 2.75) is 198 Å². The van der Waals surface area contributed by atoms with Gasteiger partial charge >= 0.3 is 0 Å².